The van der Waals surface area contributed by atoms with Gasteiger partial charge in [0.15, 0.2) is 15.6 Å². The monoisotopic (exact) mass is 349 g/mol. The molecule has 0 aliphatic rings. The van der Waals surface area contributed by atoms with E-state index < -0.39 is 15.8 Å². The van der Waals surface area contributed by atoms with Gasteiger partial charge in [-0.25, -0.2) is 13.2 Å². The molecule has 0 unspecified atom stereocenters. The van der Waals surface area contributed by atoms with Crippen molar-refractivity contribution in [2.45, 2.75) is 18.2 Å². The molecule has 2 rings (SSSR count). The third kappa shape index (κ3) is 4.26. The van der Waals surface area contributed by atoms with E-state index in [9.17, 15) is 18.3 Å². The number of hydrogen-bond donors (Lipinski definition) is 2. The van der Waals surface area contributed by atoms with Gasteiger partial charge in [-0.1, -0.05) is 25.1 Å². The first-order chi connectivity index (χ1) is 11.3. The van der Waals surface area contributed by atoms with E-state index >= 15 is 0 Å². The predicted molar refractivity (Wildman–Crippen MR) is 91.8 cm³/mol. The van der Waals surface area contributed by atoms with Gasteiger partial charge in [-0.05, 0) is 30.7 Å². The number of carbonyl (C=O) groups is 1. The van der Waals surface area contributed by atoms with Gasteiger partial charge in [-0.15, -0.1) is 0 Å². The van der Waals surface area contributed by atoms with Gasteiger partial charge < -0.3 is 15.2 Å². The normalized spacial score (nSPS) is 11.1. The Morgan fingerprint density at radius 3 is 2.42 bits per heavy atom. The molecule has 2 N–H and O–H groups in total. The molecule has 0 amide bonds. The smallest absolute Gasteiger partial charge is 0.335 e. The van der Waals surface area contributed by atoms with Crippen molar-refractivity contribution in [1.82, 2.24) is 0 Å². The van der Waals surface area contributed by atoms with Gasteiger partial charge in [0, 0.05) is 12.8 Å². The van der Waals surface area contributed by atoms with E-state index in [1.54, 1.807) is 24.3 Å². The Morgan fingerprint density at radius 1 is 1.21 bits per heavy atom. The van der Waals surface area contributed by atoms with Gasteiger partial charge in [0.2, 0.25) is 0 Å². The summed E-state index contributed by atoms with van der Waals surface area (Å²) in [7, 11) is -3.69. The maximum atomic E-state index is 12.1. The van der Waals surface area contributed by atoms with Gasteiger partial charge in [0.05, 0.1) is 11.3 Å². The van der Waals surface area contributed by atoms with Crippen LogP contribution in [0, 0.1) is 0 Å². The van der Waals surface area contributed by atoms with Crippen molar-refractivity contribution in [1.29, 1.82) is 0 Å². The first kappa shape index (κ1) is 17.8. The molecule has 24 heavy (non-hydrogen) atoms. The third-order valence-electron chi connectivity index (χ3n) is 3.23. The van der Waals surface area contributed by atoms with Crippen LogP contribution in [0.15, 0.2) is 47.4 Å². The van der Waals surface area contributed by atoms with Gasteiger partial charge >= 0.3 is 5.97 Å². The Kier molecular flexibility index (Phi) is 5.46. The minimum absolute atomic E-state index is 0.0992. The fraction of sp³-hybridized carbons (Fsp3) is 0.235. The SMILES string of the molecule is CCCNc1cc(C(=O)O)cc(S(C)(=O)=O)c1Oc1ccccc1. The molecular formula is C17H19NO5S. The number of carboxylic acids is 1. The second-order valence-electron chi connectivity index (χ2n) is 5.27. The highest BCUT2D eigenvalue weighted by molar-refractivity contribution is 7.90. The number of hydrogen-bond acceptors (Lipinski definition) is 5. The average molecular weight is 349 g/mol. The van der Waals surface area contributed by atoms with Crippen LogP contribution in [0.5, 0.6) is 11.5 Å². The fourth-order valence-electron chi connectivity index (χ4n) is 2.10. The summed E-state index contributed by atoms with van der Waals surface area (Å²) in [6, 6.07) is 11.2. The van der Waals surface area contributed by atoms with E-state index in [4.69, 9.17) is 4.74 Å². The number of para-hydroxylation sites is 1. The molecule has 0 saturated heterocycles. The lowest BCUT2D eigenvalue weighted by Crippen LogP contribution is -2.09. The summed E-state index contributed by atoms with van der Waals surface area (Å²) in [5.41, 5.74) is 0.218. The Labute approximate surface area is 141 Å². The molecule has 7 heteroatoms. The van der Waals surface area contributed by atoms with Crippen molar-refractivity contribution in [2.75, 3.05) is 18.1 Å². The number of nitrogens with one attached hydrogen (secondary N) is 1. The molecule has 0 spiro atoms. The highest BCUT2D eigenvalue weighted by atomic mass is 32.2. The first-order valence-electron chi connectivity index (χ1n) is 7.41. The van der Waals surface area contributed by atoms with Crippen LogP contribution in [0.1, 0.15) is 23.7 Å². The molecule has 0 bridgehead atoms. The molecule has 0 atom stereocenters. The standard InChI is InChI=1S/C17H19NO5S/c1-3-9-18-14-10-12(17(19)20)11-15(24(2,21)22)16(14)23-13-7-5-4-6-8-13/h4-8,10-11,18H,3,9H2,1-2H3,(H,19,20). The van der Waals surface area contributed by atoms with Crippen molar-refractivity contribution < 1.29 is 23.1 Å². The van der Waals surface area contributed by atoms with E-state index in [0.29, 0.717) is 18.0 Å². The molecule has 0 radical (unpaired) electrons. The molecule has 0 heterocycles. The Morgan fingerprint density at radius 2 is 1.88 bits per heavy atom. The number of carboxylic acid groups (broad SMARTS) is 1. The molecule has 0 saturated carbocycles. The van der Waals surface area contributed by atoms with Crippen LogP contribution in [-0.2, 0) is 9.84 Å². The zero-order chi connectivity index (χ0) is 17.7. The van der Waals surface area contributed by atoms with E-state index in [1.807, 2.05) is 13.0 Å². The second-order valence-corrected chi connectivity index (χ2v) is 7.25. The fourth-order valence-corrected chi connectivity index (χ4v) is 2.93. The van der Waals surface area contributed by atoms with E-state index in [-0.39, 0.29) is 16.2 Å². The van der Waals surface area contributed by atoms with Crippen LogP contribution < -0.4 is 10.1 Å². The minimum Gasteiger partial charge on any atom is -0.478 e. The molecular weight excluding hydrogens is 330 g/mol. The molecule has 6 nitrogen and oxygen atoms in total. The Hall–Kier alpha value is -2.54. The lowest BCUT2D eigenvalue weighted by atomic mass is 10.1. The lowest BCUT2D eigenvalue weighted by Gasteiger charge is -2.17. The third-order valence-corrected chi connectivity index (χ3v) is 4.33. The van der Waals surface area contributed by atoms with Crippen molar-refractivity contribution in [3.8, 4) is 11.5 Å². The summed E-state index contributed by atoms with van der Waals surface area (Å²) in [4.78, 5) is 11.2. The number of aromatic carboxylic acids is 1. The summed E-state index contributed by atoms with van der Waals surface area (Å²) < 4.78 is 30.1. The molecule has 2 aromatic rings. The van der Waals surface area contributed by atoms with Gasteiger partial charge in [-0.3, -0.25) is 0 Å². The molecule has 0 aliphatic carbocycles. The first-order valence-corrected chi connectivity index (χ1v) is 9.30. The summed E-state index contributed by atoms with van der Waals surface area (Å²) in [5.74, 6) is -0.641. The van der Waals surface area contributed by atoms with Crippen LogP contribution in [0.25, 0.3) is 0 Å². The quantitative estimate of drug-likeness (QED) is 0.796. The highest BCUT2D eigenvalue weighted by Crippen LogP contribution is 2.37. The summed E-state index contributed by atoms with van der Waals surface area (Å²) in [5, 5.41) is 12.3. The number of anilines is 1. The van der Waals surface area contributed by atoms with Gasteiger partial charge in [0.1, 0.15) is 10.6 Å². The molecule has 128 valence electrons. The van der Waals surface area contributed by atoms with Gasteiger partial charge in [-0.2, -0.15) is 0 Å². The van der Waals surface area contributed by atoms with Crippen molar-refractivity contribution in [2.24, 2.45) is 0 Å². The van der Waals surface area contributed by atoms with E-state index in [0.717, 1.165) is 18.7 Å². The highest BCUT2D eigenvalue weighted by Gasteiger charge is 2.22. The van der Waals surface area contributed by atoms with E-state index in [2.05, 4.69) is 5.32 Å². The second kappa shape index (κ2) is 7.35. The zero-order valence-electron chi connectivity index (χ0n) is 13.4. The number of rotatable bonds is 7. The zero-order valence-corrected chi connectivity index (χ0v) is 14.3. The van der Waals surface area contributed by atoms with Crippen LogP contribution >= 0.6 is 0 Å². The number of benzene rings is 2. The van der Waals surface area contributed by atoms with Crippen LogP contribution in [0.3, 0.4) is 0 Å². The molecule has 0 fully saturated rings. The van der Waals surface area contributed by atoms with Crippen LogP contribution in [0.2, 0.25) is 0 Å². The Bertz CT molecular complexity index is 832. The maximum Gasteiger partial charge on any atom is 0.335 e. The number of sulfone groups is 1. The summed E-state index contributed by atoms with van der Waals surface area (Å²) >= 11 is 0. The molecule has 2 aromatic carbocycles. The van der Waals surface area contributed by atoms with Crippen LogP contribution in [0.4, 0.5) is 5.69 Å². The van der Waals surface area contributed by atoms with Crippen molar-refractivity contribution >= 4 is 21.5 Å². The largest absolute Gasteiger partial charge is 0.478 e. The molecule has 0 aromatic heterocycles. The van der Waals surface area contributed by atoms with E-state index in [1.165, 1.54) is 6.07 Å². The van der Waals surface area contributed by atoms with Crippen LogP contribution in [-0.4, -0.2) is 32.3 Å². The Balaban J connectivity index is 2.64. The minimum atomic E-state index is -3.69. The summed E-state index contributed by atoms with van der Waals surface area (Å²) in [6.45, 7) is 2.50. The summed E-state index contributed by atoms with van der Waals surface area (Å²) in [6.07, 6.45) is 1.81. The predicted octanol–water partition coefficient (Wildman–Crippen LogP) is 3.40. The van der Waals surface area contributed by atoms with Crippen molar-refractivity contribution in [3.05, 3.63) is 48.0 Å². The molecule has 0 aliphatic heterocycles. The average Bonchev–Trinajstić information content (AvgIpc) is 2.53. The van der Waals surface area contributed by atoms with Crippen molar-refractivity contribution in [3.63, 3.8) is 0 Å². The lowest BCUT2D eigenvalue weighted by molar-refractivity contribution is 0.0696. The van der Waals surface area contributed by atoms with Gasteiger partial charge in [0.25, 0.3) is 0 Å². The maximum absolute atomic E-state index is 12.1. The topological polar surface area (TPSA) is 92.7 Å². The number of ether oxygens (including phenoxy) is 1.